The number of hydrogen-bond acceptors (Lipinski definition) is 2. The van der Waals surface area contributed by atoms with Crippen LogP contribution in [-0.4, -0.2) is 14.5 Å². The molecule has 0 radical (unpaired) electrons. The molecule has 6 aromatic rings. The zero-order valence-corrected chi connectivity index (χ0v) is 19.2. The molecule has 34 heavy (non-hydrogen) atoms. The summed E-state index contributed by atoms with van der Waals surface area (Å²) in [7, 11) is 0. The summed E-state index contributed by atoms with van der Waals surface area (Å²) < 4.78 is 10.6. The van der Waals surface area contributed by atoms with Gasteiger partial charge in [-0.1, -0.05) is 80.6 Å². The van der Waals surface area contributed by atoms with E-state index in [1.807, 2.05) is 30.5 Å². The van der Waals surface area contributed by atoms with E-state index >= 15 is 0 Å². The molecule has 3 aromatic carbocycles. The van der Waals surface area contributed by atoms with E-state index in [2.05, 4.69) is 95.1 Å². The number of aromatic nitrogens is 3. The smallest absolute Gasteiger partial charge is 0.137 e. The van der Waals surface area contributed by atoms with Crippen molar-refractivity contribution in [2.75, 3.05) is 0 Å². The monoisotopic (exact) mass is 440 g/mol. The number of hydrogen-bond donors (Lipinski definition) is 0. The van der Waals surface area contributed by atoms with Crippen LogP contribution >= 0.6 is 0 Å². The molecule has 0 spiro atoms. The predicted molar refractivity (Wildman–Crippen MR) is 140 cm³/mol. The third-order valence-corrected chi connectivity index (χ3v) is 6.67. The van der Waals surface area contributed by atoms with Gasteiger partial charge in [-0.15, -0.1) is 0 Å². The van der Waals surface area contributed by atoms with Crippen molar-refractivity contribution < 1.29 is 1.37 Å². The third-order valence-electron chi connectivity index (χ3n) is 6.67. The van der Waals surface area contributed by atoms with Crippen molar-refractivity contribution in [3.63, 3.8) is 0 Å². The fraction of sp³-hybridized carbons (Fsp3) is 0.0968. The highest BCUT2D eigenvalue weighted by atomic mass is 15.1. The Labute approximate surface area is 200 Å². The third kappa shape index (κ3) is 3.29. The molecule has 3 aromatic heterocycles. The van der Waals surface area contributed by atoms with Crippen LogP contribution in [0.15, 0.2) is 115 Å². The van der Waals surface area contributed by atoms with E-state index in [0.717, 1.165) is 39.2 Å². The molecule has 0 saturated heterocycles. The van der Waals surface area contributed by atoms with Crippen molar-refractivity contribution in [1.82, 2.24) is 14.5 Å². The highest BCUT2D eigenvalue weighted by Gasteiger charge is 2.24. The Morgan fingerprint density at radius 3 is 2.29 bits per heavy atom. The summed E-state index contributed by atoms with van der Waals surface area (Å²) >= 11 is 0. The molecule has 3 heteroatoms. The Morgan fingerprint density at radius 2 is 1.44 bits per heavy atom. The maximum atomic E-state index is 8.37. The minimum Gasteiger partial charge on any atom is -0.294 e. The zero-order valence-electron chi connectivity index (χ0n) is 20.2. The number of benzene rings is 3. The molecule has 0 atom stereocenters. The van der Waals surface area contributed by atoms with Gasteiger partial charge in [0.05, 0.1) is 18.1 Å². The lowest BCUT2D eigenvalue weighted by Gasteiger charge is -2.25. The van der Waals surface area contributed by atoms with E-state index in [4.69, 9.17) is 1.37 Å². The first-order valence-electron chi connectivity index (χ1n) is 12.0. The lowest BCUT2D eigenvalue weighted by Crippen LogP contribution is -2.20. The van der Waals surface area contributed by atoms with Gasteiger partial charge in [0, 0.05) is 28.6 Å². The largest absolute Gasteiger partial charge is 0.294 e. The summed E-state index contributed by atoms with van der Waals surface area (Å²) in [5.74, 6) is 0.906. The van der Waals surface area contributed by atoms with Gasteiger partial charge < -0.3 is 0 Å². The lowest BCUT2D eigenvalue weighted by molar-refractivity contribution is 0.617. The Morgan fingerprint density at radius 1 is 0.676 bits per heavy atom. The SMILES string of the molecule is [2H]c1cccnc1C(C)(C)c1cccc(-c2ccc3c4ccccc4n(-c4ccccn4)c3c2)c1. The van der Waals surface area contributed by atoms with Gasteiger partial charge >= 0.3 is 0 Å². The molecule has 0 unspecified atom stereocenters. The van der Waals surface area contributed by atoms with Crippen molar-refractivity contribution in [3.05, 3.63) is 127 Å². The molecule has 3 heterocycles. The maximum absolute atomic E-state index is 8.37. The van der Waals surface area contributed by atoms with Crippen LogP contribution in [0, 0.1) is 0 Å². The fourth-order valence-electron chi connectivity index (χ4n) is 4.77. The average molecular weight is 441 g/mol. The van der Waals surface area contributed by atoms with E-state index in [1.165, 1.54) is 10.8 Å². The fourth-order valence-corrected chi connectivity index (χ4v) is 4.77. The first-order chi connectivity index (χ1) is 17.0. The van der Waals surface area contributed by atoms with Crippen LogP contribution in [0.1, 0.15) is 26.5 Å². The van der Waals surface area contributed by atoms with Crippen molar-refractivity contribution >= 4 is 21.8 Å². The predicted octanol–water partition coefficient (Wildman–Crippen LogP) is 7.57. The molecule has 0 aliphatic heterocycles. The second-order valence-corrected chi connectivity index (χ2v) is 9.11. The van der Waals surface area contributed by atoms with Gasteiger partial charge in [0.15, 0.2) is 0 Å². The molecule has 164 valence electrons. The summed E-state index contributed by atoms with van der Waals surface area (Å²) in [5, 5.41) is 2.42. The number of pyridine rings is 2. The molecule has 0 fully saturated rings. The van der Waals surface area contributed by atoms with Crippen molar-refractivity contribution in [2.45, 2.75) is 19.3 Å². The molecule has 0 bridgehead atoms. The van der Waals surface area contributed by atoms with Gasteiger partial charge in [0.1, 0.15) is 5.82 Å². The Hall–Kier alpha value is -4.24. The quantitative estimate of drug-likeness (QED) is 0.283. The molecule has 0 aliphatic carbocycles. The van der Waals surface area contributed by atoms with Crippen LogP contribution in [0.2, 0.25) is 0 Å². The van der Waals surface area contributed by atoms with Crippen LogP contribution in [-0.2, 0) is 5.41 Å². The van der Waals surface area contributed by atoms with Crippen LogP contribution in [0.25, 0.3) is 38.8 Å². The number of fused-ring (bicyclic) bond motifs is 3. The summed E-state index contributed by atoms with van der Waals surface area (Å²) in [6.07, 6.45) is 3.60. The Kier molecular flexibility index (Phi) is 4.51. The van der Waals surface area contributed by atoms with Gasteiger partial charge in [-0.05, 0) is 53.1 Å². The zero-order chi connectivity index (χ0) is 24.0. The van der Waals surface area contributed by atoms with Gasteiger partial charge in [0.25, 0.3) is 0 Å². The second kappa shape index (κ2) is 7.96. The number of rotatable bonds is 4. The van der Waals surface area contributed by atoms with Crippen molar-refractivity contribution in [3.8, 4) is 16.9 Å². The summed E-state index contributed by atoms with van der Waals surface area (Å²) in [4.78, 5) is 9.19. The topological polar surface area (TPSA) is 30.7 Å². The maximum Gasteiger partial charge on any atom is 0.137 e. The van der Waals surface area contributed by atoms with E-state index in [0.29, 0.717) is 6.04 Å². The first kappa shape index (κ1) is 19.2. The normalized spacial score (nSPS) is 12.2. The molecule has 0 amide bonds. The highest BCUT2D eigenvalue weighted by molar-refractivity contribution is 6.10. The van der Waals surface area contributed by atoms with Crippen molar-refractivity contribution in [2.24, 2.45) is 0 Å². The lowest BCUT2D eigenvalue weighted by atomic mass is 9.80. The summed E-state index contributed by atoms with van der Waals surface area (Å²) in [6, 6.07) is 33.8. The van der Waals surface area contributed by atoms with Gasteiger partial charge in [0.2, 0.25) is 0 Å². The Balaban J connectivity index is 1.53. The standard InChI is InChI=1S/C31H25N3/c1-31(2,29-14-5-7-18-32-29)24-11-9-10-22(20-24)23-16-17-26-25-12-3-4-13-27(25)34(28(26)21-23)30-15-6-8-19-33-30/h3-21H,1-2H3/i14D. The average Bonchev–Trinajstić information content (AvgIpc) is 3.23. The van der Waals surface area contributed by atoms with Crippen LogP contribution < -0.4 is 0 Å². The number of nitrogens with zero attached hydrogens (tertiary/aromatic N) is 3. The van der Waals surface area contributed by atoms with Crippen LogP contribution in [0.5, 0.6) is 0 Å². The van der Waals surface area contributed by atoms with Gasteiger partial charge in [-0.25, -0.2) is 4.98 Å². The molecule has 3 nitrogen and oxygen atoms in total. The molecule has 6 rings (SSSR count). The molecule has 0 N–H and O–H groups in total. The minimum absolute atomic E-state index is 0.388. The number of para-hydroxylation sites is 1. The van der Waals surface area contributed by atoms with E-state index in [1.54, 1.807) is 12.3 Å². The van der Waals surface area contributed by atoms with E-state index in [-0.39, 0.29) is 5.41 Å². The molecular formula is C31H25N3. The molecular weight excluding hydrogens is 414 g/mol. The second-order valence-electron chi connectivity index (χ2n) is 9.11. The van der Waals surface area contributed by atoms with Crippen LogP contribution in [0.4, 0.5) is 0 Å². The minimum atomic E-state index is -0.388. The van der Waals surface area contributed by atoms with Crippen LogP contribution in [0.3, 0.4) is 0 Å². The summed E-state index contributed by atoms with van der Waals surface area (Å²) in [5.41, 5.74) is 6.08. The Bertz CT molecular complexity index is 1680. The van der Waals surface area contributed by atoms with E-state index in [9.17, 15) is 0 Å². The van der Waals surface area contributed by atoms with E-state index < -0.39 is 0 Å². The highest BCUT2D eigenvalue weighted by Crippen LogP contribution is 2.36. The first-order valence-corrected chi connectivity index (χ1v) is 11.5. The molecule has 0 saturated carbocycles. The summed E-state index contributed by atoms with van der Waals surface area (Å²) in [6.45, 7) is 4.27. The van der Waals surface area contributed by atoms with Gasteiger partial charge in [-0.3, -0.25) is 9.55 Å². The van der Waals surface area contributed by atoms with Gasteiger partial charge in [-0.2, -0.15) is 0 Å². The van der Waals surface area contributed by atoms with Crippen molar-refractivity contribution in [1.29, 1.82) is 0 Å². The molecule has 0 aliphatic rings.